The van der Waals surface area contributed by atoms with E-state index >= 15 is 0 Å². The summed E-state index contributed by atoms with van der Waals surface area (Å²) in [5, 5.41) is 3.24. The number of nitrogens with two attached hydrogens (primary N) is 1. The van der Waals surface area contributed by atoms with E-state index in [9.17, 15) is 13.2 Å². The molecule has 0 aliphatic rings. The SMILES string of the molecule is Nc1ccc(NCCCc2ccc(C(F)(F)F)cc2)cc1. The summed E-state index contributed by atoms with van der Waals surface area (Å²) in [6.45, 7) is 0.755. The summed E-state index contributed by atoms with van der Waals surface area (Å²) in [4.78, 5) is 0. The topological polar surface area (TPSA) is 38.0 Å². The van der Waals surface area contributed by atoms with Gasteiger partial charge in [0, 0.05) is 17.9 Å². The Hall–Kier alpha value is -2.17. The van der Waals surface area contributed by atoms with Gasteiger partial charge in [-0.3, -0.25) is 0 Å². The number of aryl methyl sites for hydroxylation is 1. The van der Waals surface area contributed by atoms with E-state index in [1.165, 1.54) is 12.1 Å². The molecule has 0 radical (unpaired) electrons. The number of anilines is 2. The van der Waals surface area contributed by atoms with Crippen LogP contribution < -0.4 is 11.1 Å². The van der Waals surface area contributed by atoms with Crippen LogP contribution in [0.4, 0.5) is 24.5 Å². The Kier molecular flexibility index (Phi) is 4.73. The standard InChI is InChI=1S/C16H17F3N2/c17-16(18,19)13-5-3-12(4-6-13)2-1-11-21-15-9-7-14(20)8-10-15/h3-10,21H,1-2,11,20H2. The quantitative estimate of drug-likeness (QED) is 0.636. The molecule has 2 nitrogen and oxygen atoms in total. The predicted molar refractivity (Wildman–Crippen MR) is 79.1 cm³/mol. The molecule has 0 heterocycles. The van der Waals surface area contributed by atoms with Crippen molar-refractivity contribution in [1.82, 2.24) is 0 Å². The van der Waals surface area contributed by atoms with Crippen molar-refractivity contribution in [2.75, 3.05) is 17.6 Å². The molecule has 2 rings (SSSR count). The minimum absolute atomic E-state index is 0.605. The zero-order valence-electron chi connectivity index (χ0n) is 11.5. The van der Waals surface area contributed by atoms with Gasteiger partial charge in [0.05, 0.1) is 5.56 Å². The number of nitrogen functional groups attached to an aromatic ring is 1. The lowest BCUT2D eigenvalue weighted by Gasteiger charge is -2.09. The van der Waals surface area contributed by atoms with Crippen molar-refractivity contribution >= 4 is 11.4 Å². The van der Waals surface area contributed by atoms with Crippen LogP contribution in [0.2, 0.25) is 0 Å². The third-order valence-corrected chi connectivity index (χ3v) is 3.16. The average Bonchev–Trinajstić information content (AvgIpc) is 2.45. The van der Waals surface area contributed by atoms with Gasteiger partial charge in [0.25, 0.3) is 0 Å². The summed E-state index contributed by atoms with van der Waals surface area (Å²) in [6.07, 6.45) is -2.69. The lowest BCUT2D eigenvalue weighted by molar-refractivity contribution is -0.137. The highest BCUT2D eigenvalue weighted by molar-refractivity contribution is 5.51. The van der Waals surface area contributed by atoms with Gasteiger partial charge in [0.2, 0.25) is 0 Å². The molecule has 0 aromatic heterocycles. The zero-order valence-corrected chi connectivity index (χ0v) is 11.5. The minimum Gasteiger partial charge on any atom is -0.399 e. The fourth-order valence-electron chi connectivity index (χ4n) is 1.99. The van der Waals surface area contributed by atoms with Crippen LogP contribution in [0.5, 0.6) is 0 Å². The summed E-state index contributed by atoms with van der Waals surface area (Å²) < 4.78 is 37.3. The second-order valence-corrected chi connectivity index (χ2v) is 4.85. The highest BCUT2D eigenvalue weighted by Gasteiger charge is 2.29. The summed E-state index contributed by atoms with van der Waals surface area (Å²) in [7, 11) is 0. The number of rotatable bonds is 5. The second-order valence-electron chi connectivity index (χ2n) is 4.85. The number of alkyl halides is 3. The van der Waals surface area contributed by atoms with Crippen LogP contribution in [-0.4, -0.2) is 6.54 Å². The maximum atomic E-state index is 12.4. The van der Waals surface area contributed by atoms with E-state index in [-0.39, 0.29) is 0 Å². The van der Waals surface area contributed by atoms with Gasteiger partial charge < -0.3 is 11.1 Å². The third kappa shape index (κ3) is 4.70. The van der Waals surface area contributed by atoms with E-state index in [1.807, 2.05) is 24.3 Å². The molecular formula is C16H17F3N2. The van der Waals surface area contributed by atoms with E-state index < -0.39 is 11.7 Å². The third-order valence-electron chi connectivity index (χ3n) is 3.16. The van der Waals surface area contributed by atoms with Gasteiger partial charge >= 0.3 is 6.18 Å². The monoisotopic (exact) mass is 294 g/mol. The Labute approximate surface area is 121 Å². The molecule has 0 saturated heterocycles. The van der Waals surface area contributed by atoms with E-state index in [2.05, 4.69) is 5.32 Å². The maximum absolute atomic E-state index is 12.4. The molecule has 0 aliphatic carbocycles. The lowest BCUT2D eigenvalue weighted by Crippen LogP contribution is -2.05. The number of hydrogen-bond acceptors (Lipinski definition) is 2. The molecule has 2 aromatic rings. The molecule has 0 fully saturated rings. The van der Waals surface area contributed by atoms with Gasteiger partial charge in [-0.15, -0.1) is 0 Å². The molecule has 112 valence electrons. The Balaban J connectivity index is 1.77. The van der Waals surface area contributed by atoms with E-state index in [4.69, 9.17) is 5.73 Å². The fraction of sp³-hybridized carbons (Fsp3) is 0.250. The van der Waals surface area contributed by atoms with Crippen molar-refractivity contribution in [2.45, 2.75) is 19.0 Å². The Morgan fingerprint density at radius 2 is 1.52 bits per heavy atom. The van der Waals surface area contributed by atoms with Crippen molar-refractivity contribution < 1.29 is 13.2 Å². The summed E-state index contributed by atoms with van der Waals surface area (Å²) in [5.74, 6) is 0. The van der Waals surface area contributed by atoms with Crippen molar-refractivity contribution in [3.8, 4) is 0 Å². The van der Waals surface area contributed by atoms with Crippen LogP contribution in [0.3, 0.4) is 0 Å². The minimum atomic E-state index is -4.27. The van der Waals surface area contributed by atoms with Crippen LogP contribution in [0.15, 0.2) is 48.5 Å². The number of benzene rings is 2. The van der Waals surface area contributed by atoms with Gasteiger partial charge in [-0.2, -0.15) is 13.2 Å². The second kappa shape index (κ2) is 6.52. The molecule has 3 N–H and O–H groups in total. The smallest absolute Gasteiger partial charge is 0.399 e. The maximum Gasteiger partial charge on any atom is 0.416 e. The Bertz CT molecular complexity index is 560. The highest BCUT2D eigenvalue weighted by atomic mass is 19.4. The Morgan fingerprint density at radius 1 is 0.905 bits per heavy atom. The fourth-order valence-corrected chi connectivity index (χ4v) is 1.99. The van der Waals surface area contributed by atoms with Crippen LogP contribution >= 0.6 is 0 Å². The molecule has 0 bridgehead atoms. The first-order valence-corrected chi connectivity index (χ1v) is 6.71. The summed E-state index contributed by atoms with van der Waals surface area (Å²) in [5.41, 5.74) is 7.59. The molecule has 0 unspecified atom stereocenters. The van der Waals surface area contributed by atoms with E-state index in [0.717, 1.165) is 42.8 Å². The van der Waals surface area contributed by atoms with Crippen LogP contribution in [0, 0.1) is 0 Å². The van der Waals surface area contributed by atoms with Gasteiger partial charge in [-0.1, -0.05) is 12.1 Å². The summed E-state index contributed by atoms with van der Waals surface area (Å²) >= 11 is 0. The first kappa shape index (κ1) is 15.2. The molecule has 0 saturated carbocycles. The van der Waals surface area contributed by atoms with Gasteiger partial charge in [0.15, 0.2) is 0 Å². The Morgan fingerprint density at radius 3 is 2.10 bits per heavy atom. The molecule has 2 aromatic carbocycles. The number of hydrogen-bond donors (Lipinski definition) is 2. The number of nitrogens with one attached hydrogen (secondary N) is 1. The van der Waals surface area contributed by atoms with Crippen LogP contribution in [0.25, 0.3) is 0 Å². The number of halogens is 3. The average molecular weight is 294 g/mol. The molecule has 5 heteroatoms. The van der Waals surface area contributed by atoms with Crippen molar-refractivity contribution in [3.63, 3.8) is 0 Å². The molecule has 0 atom stereocenters. The van der Waals surface area contributed by atoms with Gasteiger partial charge in [0.1, 0.15) is 0 Å². The summed E-state index contributed by atoms with van der Waals surface area (Å²) in [6, 6.07) is 12.8. The van der Waals surface area contributed by atoms with E-state index in [1.54, 1.807) is 0 Å². The molecule has 0 spiro atoms. The predicted octanol–water partition coefficient (Wildman–Crippen LogP) is 4.33. The van der Waals surface area contributed by atoms with Crippen molar-refractivity contribution in [1.29, 1.82) is 0 Å². The normalized spacial score (nSPS) is 11.4. The highest BCUT2D eigenvalue weighted by Crippen LogP contribution is 2.29. The molecular weight excluding hydrogens is 277 g/mol. The van der Waals surface area contributed by atoms with Gasteiger partial charge in [-0.05, 0) is 54.8 Å². The first-order valence-electron chi connectivity index (χ1n) is 6.71. The zero-order chi connectivity index (χ0) is 15.3. The largest absolute Gasteiger partial charge is 0.416 e. The molecule has 21 heavy (non-hydrogen) atoms. The van der Waals surface area contributed by atoms with E-state index in [0.29, 0.717) is 5.69 Å². The lowest BCUT2D eigenvalue weighted by atomic mass is 10.1. The van der Waals surface area contributed by atoms with Crippen molar-refractivity contribution in [3.05, 3.63) is 59.7 Å². The first-order chi connectivity index (χ1) is 9.95. The molecule has 0 amide bonds. The van der Waals surface area contributed by atoms with Crippen molar-refractivity contribution in [2.24, 2.45) is 0 Å². The van der Waals surface area contributed by atoms with Gasteiger partial charge in [-0.25, -0.2) is 0 Å². The van der Waals surface area contributed by atoms with Crippen LogP contribution in [0.1, 0.15) is 17.5 Å². The molecule has 0 aliphatic heterocycles. The van der Waals surface area contributed by atoms with Crippen LogP contribution in [-0.2, 0) is 12.6 Å².